The molecule has 0 aromatic heterocycles. The second kappa shape index (κ2) is 2.76. The minimum absolute atomic E-state index is 0.276. The lowest BCUT2D eigenvalue weighted by Crippen LogP contribution is -2.36. The van der Waals surface area contributed by atoms with Crippen molar-refractivity contribution in [1.82, 2.24) is 5.32 Å². The van der Waals surface area contributed by atoms with Gasteiger partial charge in [0.1, 0.15) is 0 Å². The topological polar surface area (TPSA) is 32.3 Å². The van der Waals surface area contributed by atoms with E-state index in [1.807, 2.05) is 0 Å². The third-order valence-electron chi connectivity index (χ3n) is 3.53. The van der Waals surface area contributed by atoms with E-state index in [0.29, 0.717) is 6.61 Å². The van der Waals surface area contributed by atoms with E-state index >= 15 is 0 Å². The van der Waals surface area contributed by atoms with Crippen LogP contribution in [0.4, 0.5) is 0 Å². The van der Waals surface area contributed by atoms with E-state index in [9.17, 15) is 5.11 Å². The maximum absolute atomic E-state index is 9.31. The molecule has 2 rings (SSSR count). The second-order valence-electron chi connectivity index (χ2n) is 4.09. The van der Waals surface area contributed by atoms with Crippen molar-refractivity contribution in [2.24, 2.45) is 11.3 Å². The Hall–Kier alpha value is -0.0800. The summed E-state index contributed by atoms with van der Waals surface area (Å²) in [5.74, 6) is 0.765. The van der Waals surface area contributed by atoms with Gasteiger partial charge in [0, 0.05) is 12.0 Å². The van der Waals surface area contributed by atoms with Crippen molar-refractivity contribution in [1.29, 1.82) is 0 Å². The molecule has 2 fully saturated rings. The molecule has 1 heterocycles. The largest absolute Gasteiger partial charge is 0.396 e. The summed E-state index contributed by atoms with van der Waals surface area (Å²) in [6, 6.07) is 0. The molecule has 0 bridgehead atoms. The molecule has 0 amide bonds. The highest BCUT2D eigenvalue weighted by atomic mass is 16.3. The first-order chi connectivity index (χ1) is 5.37. The molecular weight excluding hydrogens is 138 g/mol. The van der Waals surface area contributed by atoms with Gasteiger partial charge in [-0.3, -0.25) is 0 Å². The van der Waals surface area contributed by atoms with E-state index in [-0.39, 0.29) is 5.41 Å². The van der Waals surface area contributed by atoms with Crippen molar-refractivity contribution >= 4 is 0 Å². The lowest BCUT2D eigenvalue weighted by atomic mass is 9.69. The van der Waals surface area contributed by atoms with E-state index in [0.717, 1.165) is 19.0 Å². The smallest absolute Gasteiger partial charge is 0.0502 e. The molecule has 2 heteroatoms. The molecule has 0 radical (unpaired) electrons. The van der Waals surface area contributed by atoms with Crippen LogP contribution in [0.25, 0.3) is 0 Å². The number of nitrogens with one attached hydrogen (secondary N) is 1. The summed E-state index contributed by atoms with van der Waals surface area (Å²) in [4.78, 5) is 0. The van der Waals surface area contributed by atoms with Crippen molar-refractivity contribution in [3.8, 4) is 0 Å². The Morgan fingerprint density at radius 3 is 3.09 bits per heavy atom. The summed E-state index contributed by atoms with van der Waals surface area (Å²) in [5.41, 5.74) is 0.276. The van der Waals surface area contributed by atoms with Crippen LogP contribution in [0, 0.1) is 11.3 Å². The molecule has 0 aromatic rings. The number of aliphatic hydroxyl groups excluding tert-OH is 1. The fourth-order valence-electron chi connectivity index (χ4n) is 2.69. The molecule has 2 aliphatic rings. The molecule has 0 unspecified atom stereocenters. The summed E-state index contributed by atoms with van der Waals surface area (Å²) in [7, 11) is 0. The zero-order valence-electron chi connectivity index (χ0n) is 6.97. The normalized spacial score (nSPS) is 43.9. The zero-order valence-corrected chi connectivity index (χ0v) is 6.97. The summed E-state index contributed by atoms with van der Waals surface area (Å²) in [5, 5.41) is 12.7. The third kappa shape index (κ3) is 1.09. The average Bonchev–Trinajstić information content (AvgIpc) is 2.48. The molecule has 11 heavy (non-hydrogen) atoms. The van der Waals surface area contributed by atoms with E-state index in [4.69, 9.17) is 0 Å². The Balaban J connectivity index is 2.12. The molecule has 64 valence electrons. The van der Waals surface area contributed by atoms with Crippen LogP contribution in [0.3, 0.4) is 0 Å². The maximum atomic E-state index is 9.31. The Labute approximate surface area is 68.0 Å². The molecule has 1 aliphatic carbocycles. The Morgan fingerprint density at radius 2 is 2.36 bits per heavy atom. The molecular formula is C9H17NO. The van der Waals surface area contributed by atoms with Gasteiger partial charge in [-0.25, -0.2) is 0 Å². The molecule has 2 N–H and O–H groups in total. The van der Waals surface area contributed by atoms with Gasteiger partial charge in [0.05, 0.1) is 6.61 Å². The van der Waals surface area contributed by atoms with Crippen molar-refractivity contribution in [2.45, 2.75) is 25.7 Å². The fraction of sp³-hybridized carbons (Fsp3) is 1.00. The number of fused-ring (bicyclic) bond motifs is 1. The third-order valence-corrected chi connectivity index (χ3v) is 3.53. The molecule has 1 saturated heterocycles. The van der Waals surface area contributed by atoms with Gasteiger partial charge in [-0.15, -0.1) is 0 Å². The van der Waals surface area contributed by atoms with Crippen LogP contribution in [0.15, 0.2) is 0 Å². The van der Waals surface area contributed by atoms with E-state index < -0.39 is 0 Å². The molecule has 0 spiro atoms. The Bertz CT molecular complexity index is 148. The van der Waals surface area contributed by atoms with Gasteiger partial charge in [-0.05, 0) is 25.3 Å². The first kappa shape index (κ1) is 7.56. The minimum Gasteiger partial charge on any atom is -0.396 e. The van der Waals surface area contributed by atoms with Crippen molar-refractivity contribution in [3.63, 3.8) is 0 Å². The van der Waals surface area contributed by atoms with Crippen molar-refractivity contribution in [3.05, 3.63) is 0 Å². The SMILES string of the molecule is OC[C@]12CCCC[C@@H]1CNC2. The van der Waals surface area contributed by atoms with Gasteiger partial charge >= 0.3 is 0 Å². The number of hydrogen-bond acceptors (Lipinski definition) is 2. The number of aliphatic hydroxyl groups is 1. The van der Waals surface area contributed by atoms with Crippen LogP contribution in [0.2, 0.25) is 0 Å². The van der Waals surface area contributed by atoms with Gasteiger partial charge in [-0.2, -0.15) is 0 Å². The van der Waals surface area contributed by atoms with Crippen LogP contribution < -0.4 is 5.32 Å². The Kier molecular flexibility index (Phi) is 1.90. The fourth-order valence-corrected chi connectivity index (χ4v) is 2.69. The number of hydrogen-bond donors (Lipinski definition) is 2. The van der Waals surface area contributed by atoms with E-state index in [2.05, 4.69) is 5.32 Å². The minimum atomic E-state index is 0.276. The molecule has 1 aliphatic heterocycles. The van der Waals surface area contributed by atoms with Gasteiger partial charge in [-0.1, -0.05) is 12.8 Å². The van der Waals surface area contributed by atoms with Crippen molar-refractivity contribution < 1.29 is 5.11 Å². The average molecular weight is 155 g/mol. The first-order valence-electron chi connectivity index (χ1n) is 4.69. The van der Waals surface area contributed by atoms with E-state index in [1.165, 1.54) is 25.7 Å². The van der Waals surface area contributed by atoms with Gasteiger partial charge in [0.25, 0.3) is 0 Å². The standard InChI is InChI=1S/C9H17NO/c11-7-9-4-2-1-3-8(9)5-10-6-9/h8,10-11H,1-7H2/t8-,9-/m1/s1. The summed E-state index contributed by atoms with van der Waals surface area (Å²) >= 11 is 0. The zero-order chi connectivity index (χ0) is 7.73. The molecule has 0 aromatic carbocycles. The van der Waals surface area contributed by atoms with Crippen molar-refractivity contribution in [2.75, 3.05) is 19.7 Å². The molecule has 2 atom stereocenters. The molecule has 1 saturated carbocycles. The summed E-state index contributed by atoms with van der Waals surface area (Å²) in [6.07, 6.45) is 5.25. The highest BCUT2D eigenvalue weighted by molar-refractivity contribution is 4.96. The van der Waals surface area contributed by atoms with Gasteiger partial charge in [0.15, 0.2) is 0 Å². The van der Waals surface area contributed by atoms with Gasteiger partial charge < -0.3 is 10.4 Å². The van der Waals surface area contributed by atoms with Crippen LogP contribution >= 0.6 is 0 Å². The predicted octanol–water partition coefficient (Wildman–Crippen LogP) is 0.758. The highest BCUT2D eigenvalue weighted by Crippen LogP contribution is 2.42. The van der Waals surface area contributed by atoms with Crippen LogP contribution in [-0.2, 0) is 0 Å². The lowest BCUT2D eigenvalue weighted by molar-refractivity contribution is 0.0621. The quantitative estimate of drug-likeness (QED) is 0.586. The lowest BCUT2D eigenvalue weighted by Gasteiger charge is -2.36. The first-order valence-corrected chi connectivity index (χ1v) is 4.69. The molecule has 2 nitrogen and oxygen atoms in total. The van der Waals surface area contributed by atoms with Crippen LogP contribution in [0.5, 0.6) is 0 Å². The van der Waals surface area contributed by atoms with E-state index in [1.54, 1.807) is 0 Å². The second-order valence-corrected chi connectivity index (χ2v) is 4.09. The number of rotatable bonds is 1. The van der Waals surface area contributed by atoms with Crippen LogP contribution in [-0.4, -0.2) is 24.8 Å². The van der Waals surface area contributed by atoms with Crippen LogP contribution in [0.1, 0.15) is 25.7 Å². The summed E-state index contributed by atoms with van der Waals surface area (Å²) < 4.78 is 0. The monoisotopic (exact) mass is 155 g/mol. The maximum Gasteiger partial charge on any atom is 0.0502 e. The predicted molar refractivity (Wildman–Crippen MR) is 44.3 cm³/mol. The summed E-state index contributed by atoms with van der Waals surface area (Å²) in [6.45, 7) is 2.58. The Morgan fingerprint density at radius 1 is 1.45 bits per heavy atom. The van der Waals surface area contributed by atoms with Gasteiger partial charge in [0.2, 0.25) is 0 Å². The highest BCUT2D eigenvalue weighted by Gasteiger charge is 2.43.